The first kappa shape index (κ1) is 20.0. The molecule has 2 rings (SSSR count). The molecule has 0 radical (unpaired) electrons. The van der Waals surface area contributed by atoms with Gasteiger partial charge in [0.15, 0.2) is 0 Å². The highest BCUT2D eigenvalue weighted by Gasteiger charge is 2.35. The molecule has 2 amide bonds. The first-order chi connectivity index (χ1) is 11.3. The summed E-state index contributed by atoms with van der Waals surface area (Å²) in [4.78, 5) is 24.0. The molecule has 1 aromatic carbocycles. The summed E-state index contributed by atoms with van der Waals surface area (Å²) in [7, 11) is 0. The second-order valence-electron chi connectivity index (χ2n) is 6.75. The van der Waals surface area contributed by atoms with Gasteiger partial charge in [-0.25, -0.2) is 4.79 Å². The molecule has 134 valence electrons. The third kappa shape index (κ3) is 5.87. The van der Waals surface area contributed by atoms with E-state index in [1.165, 1.54) is 0 Å². The van der Waals surface area contributed by atoms with Crippen LogP contribution in [0, 0.1) is 0 Å². The van der Waals surface area contributed by atoms with Gasteiger partial charge in [0.2, 0.25) is 5.91 Å². The van der Waals surface area contributed by atoms with Gasteiger partial charge in [-0.3, -0.25) is 4.79 Å². The molecule has 2 N–H and O–H groups in total. The van der Waals surface area contributed by atoms with Gasteiger partial charge in [-0.2, -0.15) is 0 Å². The zero-order chi connectivity index (χ0) is 18.3. The zero-order valence-electron chi connectivity index (χ0n) is 15.6. The van der Waals surface area contributed by atoms with Gasteiger partial charge in [0, 0.05) is 12.0 Å². The first-order valence-corrected chi connectivity index (χ1v) is 8.61. The molecule has 0 spiro atoms. The van der Waals surface area contributed by atoms with Crippen LogP contribution in [0.1, 0.15) is 59.4 Å². The molecule has 0 aromatic heterocycles. The lowest BCUT2D eigenvalue weighted by Gasteiger charge is -2.35. The van der Waals surface area contributed by atoms with Gasteiger partial charge in [-0.15, -0.1) is 0 Å². The van der Waals surface area contributed by atoms with Gasteiger partial charge >= 0.3 is 6.09 Å². The molecular formula is C19H30N2O3. The van der Waals surface area contributed by atoms with Crippen molar-refractivity contribution in [3.05, 3.63) is 35.9 Å². The maximum atomic E-state index is 12.1. The monoisotopic (exact) mass is 334 g/mol. The number of amides is 2. The fourth-order valence-corrected chi connectivity index (χ4v) is 2.69. The minimum absolute atomic E-state index is 0.0339. The van der Waals surface area contributed by atoms with Crippen molar-refractivity contribution in [3.63, 3.8) is 0 Å². The van der Waals surface area contributed by atoms with E-state index in [9.17, 15) is 9.59 Å². The van der Waals surface area contributed by atoms with Gasteiger partial charge in [0.05, 0.1) is 0 Å². The minimum atomic E-state index is -0.582. The Morgan fingerprint density at radius 2 is 1.79 bits per heavy atom. The van der Waals surface area contributed by atoms with Crippen LogP contribution in [0.2, 0.25) is 0 Å². The van der Waals surface area contributed by atoms with Gasteiger partial charge in [-0.1, -0.05) is 44.2 Å². The van der Waals surface area contributed by atoms with Gasteiger partial charge in [0.1, 0.15) is 11.6 Å². The van der Waals surface area contributed by atoms with E-state index in [4.69, 9.17) is 4.74 Å². The number of piperidine rings is 1. The fraction of sp³-hybridized carbons (Fsp3) is 0.579. The van der Waals surface area contributed by atoms with Crippen molar-refractivity contribution in [2.45, 2.75) is 71.6 Å². The largest absolute Gasteiger partial charge is 0.444 e. The Labute approximate surface area is 145 Å². The summed E-state index contributed by atoms with van der Waals surface area (Å²) < 4.78 is 5.23. The summed E-state index contributed by atoms with van der Waals surface area (Å²) >= 11 is 0. The molecule has 1 aliphatic heterocycles. The van der Waals surface area contributed by atoms with E-state index in [0.717, 1.165) is 5.56 Å². The average molecular weight is 334 g/mol. The van der Waals surface area contributed by atoms with Crippen LogP contribution >= 0.6 is 0 Å². The standard InChI is InChI=1S/C17H24N2O3.C2H6/c1-11-13(12-8-6-5-7-9-12)10-14(15(20)18-11)19-16(21)22-17(2,3)4;1-2/h5-9,11,13-14H,10H2,1-4H3,(H,18,20)(H,19,21);1-2H3. The predicted octanol–water partition coefficient (Wildman–Crippen LogP) is 3.60. The Kier molecular flexibility index (Phi) is 7.26. The normalized spacial score (nSPS) is 23.4. The van der Waals surface area contributed by atoms with Crippen molar-refractivity contribution in [1.82, 2.24) is 10.6 Å². The van der Waals surface area contributed by atoms with E-state index in [1.54, 1.807) is 20.8 Å². The maximum absolute atomic E-state index is 12.1. The van der Waals surface area contributed by atoms with Crippen LogP contribution < -0.4 is 10.6 Å². The molecule has 1 saturated heterocycles. The Morgan fingerprint density at radius 3 is 2.33 bits per heavy atom. The smallest absolute Gasteiger partial charge is 0.408 e. The number of rotatable bonds is 2. The van der Waals surface area contributed by atoms with E-state index in [-0.39, 0.29) is 17.9 Å². The topological polar surface area (TPSA) is 67.4 Å². The quantitative estimate of drug-likeness (QED) is 0.868. The SMILES string of the molecule is CC.CC1NC(=O)C(NC(=O)OC(C)(C)C)CC1c1ccccc1. The summed E-state index contributed by atoms with van der Waals surface area (Å²) in [5.74, 6) is 0.00405. The number of hydrogen-bond donors (Lipinski definition) is 2. The highest BCUT2D eigenvalue weighted by Crippen LogP contribution is 2.28. The van der Waals surface area contributed by atoms with Gasteiger partial charge < -0.3 is 15.4 Å². The van der Waals surface area contributed by atoms with Crippen molar-refractivity contribution >= 4 is 12.0 Å². The zero-order valence-corrected chi connectivity index (χ0v) is 15.6. The van der Waals surface area contributed by atoms with Crippen LogP contribution in [-0.4, -0.2) is 29.7 Å². The Bertz CT molecular complexity index is 537. The summed E-state index contributed by atoms with van der Waals surface area (Å²) in [6, 6.07) is 9.48. The molecule has 3 unspecified atom stereocenters. The Balaban J connectivity index is 0.00000139. The average Bonchev–Trinajstić information content (AvgIpc) is 2.51. The summed E-state index contributed by atoms with van der Waals surface area (Å²) in [6.07, 6.45) is 0.00463. The molecule has 5 heteroatoms. The van der Waals surface area contributed by atoms with Crippen LogP contribution in [0.4, 0.5) is 4.79 Å². The second kappa shape index (κ2) is 8.71. The van der Waals surface area contributed by atoms with Crippen LogP contribution in [0.5, 0.6) is 0 Å². The number of ether oxygens (including phenoxy) is 1. The second-order valence-corrected chi connectivity index (χ2v) is 6.75. The molecule has 5 nitrogen and oxygen atoms in total. The fourth-order valence-electron chi connectivity index (χ4n) is 2.69. The van der Waals surface area contributed by atoms with E-state index >= 15 is 0 Å². The minimum Gasteiger partial charge on any atom is -0.444 e. The number of alkyl carbamates (subject to hydrolysis) is 1. The summed E-state index contributed by atoms with van der Waals surface area (Å²) in [5, 5.41) is 5.61. The molecule has 0 saturated carbocycles. The molecule has 0 aliphatic carbocycles. The number of carbonyl (C=O) groups is 2. The third-order valence-electron chi connectivity index (χ3n) is 3.70. The van der Waals surface area contributed by atoms with E-state index in [0.29, 0.717) is 6.42 Å². The molecule has 1 aliphatic rings. The highest BCUT2D eigenvalue weighted by atomic mass is 16.6. The Morgan fingerprint density at radius 1 is 1.21 bits per heavy atom. The molecule has 3 atom stereocenters. The van der Waals surface area contributed by atoms with Crippen molar-refractivity contribution in [1.29, 1.82) is 0 Å². The van der Waals surface area contributed by atoms with Crippen molar-refractivity contribution in [2.75, 3.05) is 0 Å². The lowest BCUT2D eigenvalue weighted by atomic mass is 9.83. The number of nitrogens with one attached hydrogen (secondary N) is 2. The van der Waals surface area contributed by atoms with E-state index < -0.39 is 17.7 Å². The van der Waals surface area contributed by atoms with Crippen LogP contribution in [0.15, 0.2) is 30.3 Å². The first-order valence-electron chi connectivity index (χ1n) is 8.61. The van der Waals surface area contributed by atoms with Crippen LogP contribution in [-0.2, 0) is 9.53 Å². The molecule has 1 heterocycles. The van der Waals surface area contributed by atoms with Crippen molar-refractivity contribution < 1.29 is 14.3 Å². The highest BCUT2D eigenvalue weighted by molar-refractivity contribution is 5.86. The van der Waals surface area contributed by atoms with Crippen LogP contribution in [0.3, 0.4) is 0 Å². The van der Waals surface area contributed by atoms with Gasteiger partial charge in [-0.05, 0) is 39.7 Å². The predicted molar refractivity (Wildman–Crippen MR) is 95.9 cm³/mol. The molecule has 0 bridgehead atoms. The van der Waals surface area contributed by atoms with Crippen molar-refractivity contribution in [3.8, 4) is 0 Å². The summed E-state index contributed by atoms with van der Waals surface area (Å²) in [5.41, 5.74) is 0.576. The van der Waals surface area contributed by atoms with Crippen molar-refractivity contribution in [2.24, 2.45) is 0 Å². The van der Waals surface area contributed by atoms with Crippen LogP contribution in [0.25, 0.3) is 0 Å². The van der Waals surface area contributed by atoms with E-state index in [2.05, 4.69) is 10.6 Å². The lowest BCUT2D eigenvalue weighted by Crippen LogP contribution is -2.56. The molecule has 1 aromatic rings. The van der Waals surface area contributed by atoms with Gasteiger partial charge in [0.25, 0.3) is 0 Å². The molecule has 1 fully saturated rings. The number of carbonyl (C=O) groups excluding carboxylic acids is 2. The molecular weight excluding hydrogens is 304 g/mol. The number of benzene rings is 1. The Hall–Kier alpha value is -2.04. The maximum Gasteiger partial charge on any atom is 0.408 e. The third-order valence-corrected chi connectivity index (χ3v) is 3.70. The summed E-state index contributed by atoms with van der Waals surface area (Å²) in [6.45, 7) is 11.4. The molecule has 24 heavy (non-hydrogen) atoms. The van der Waals surface area contributed by atoms with E-state index in [1.807, 2.05) is 51.1 Å². The lowest BCUT2D eigenvalue weighted by molar-refractivity contribution is -0.126. The number of hydrogen-bond acceptors (Lipinski definition) is 3.